The Morgan fingerprint density at radius 2 is 1.16 bits per heavy atom. The minimum atomic E-state index is -4.78. The highest BCUT2D eigenvalue weighted by Gasteiger charge is 2.22. The summed E-state index contributed by atoms with van der Waals surface area (Å²) in [7, 11) is -4.78. The van der Waals surface area contributed by atoms with Crippen LogP contribution < -0.4 is 0 Å². The van der Waals surface area contributed by atoms with E-state index in [1.807, 2.05) is 37.3 Å². The summed E-state index contributed by atoms with van der Waals surface area (Å²) < 4.78 is 26.2. The smallest absolute Gasteiger partial charge is 0.462 e. The highest BCUT2D eigenvalue weighted by molar-refractivity contribution is 7.46. The van der Waals surface area contributed by atoms with Crippen molar-refractivity contribution >= 4 is 19.8 Å². The highest BCUT2D eigenvalue weighted by Crippen LogP contribution is 2.35. The summed E-state index contributed by atoms with van der Waals surface area (Å²) in [5, 5.41) is 9.44. The summed E-state index contributed by atoms with van der Waals surface area (Å²) in [5.41, 5.74) is 0. The zero-order valence-corrected chi connectivity index (χ0v) is 31.1. The molecule has 0 saturated carbocycles. The first-order valence-corrected chi connectivity index (χ1v) is 19.9. The molecule has 0 aliphatic carbocycles. The van der Waals surface area contributed by atoms with Crippen molar-refractivity contribution in [3.05, 3.63) is 72.9 Å². The predicted molar refractivity (Wildman–Crippen MR) is 199 cm³/mol. The fourth-order valence-corrected chi connectivity index (χ4v) is 4.83. The molecule has 0 rings (SSSR count). The molecule has 0 saturated heterocycles. The molecular formula is C39H65O9P. The van der Waals surface area contributed by atoms with E-state index in [1.54, 1.807) is 6.08 Å². The molecule has 280 valence electrons. The second-order valence-electron chi connectivity index (χ2n) is 12.0. The second kappa shape index (κ2) is 33.9. The van der Waals surface area contributed by atoms with Crippen molar-refractivity contribution in [1.82, 2.24) is 0 Å². The standard InChI is InChI=1S/C39H65O9P/c1-3-5-6-7-8-9-10-13-17-20-23-26-29-32-38(41)46-34-37(35-47-49(43,44)45)48-39(42)33-30-27-24-21-18-15-12-11-14-16-19-22-25-28-31-36(40)4-2/h9-10,12,14-16,21-22,24-25,28,31,36-37,40H,3-8,11,13,17-20,23,26-27,29-30,32-35H2,1-2H3,(H2,43,44,45)/b10-9-,15-12-,16-14-,24-21-,25-22-,31-28+/t36-,37-/m1/s1. The topological polar surface area (TPSA) is 140 Å². The van der Waals surface area contributed by atoms with Gasteiger partial charge >= 0.3 is 19.8 Å². The van der Waals surface area contributed by atoms with Crippen LogP contribution in [0.3, 0.4) is 0 Å². The van der Waals surface area contributed by atoms with Gasteiger partial charge in [0.25, 0.3) is 0 Å². The lowest BCUT2D eigenvalue weighted by Gasteiger charge is -2.18. The van der Waals surface area contributed by atoms with Crippen molar-refractivity contribution in [3.63, 3.8) is 0 Å². The summed E-state index contributed by atoms with van der Waals surface area (Å²) >= 11 is 0. The van der Waals surface area contributed by atoms with Gasteiger partial charge in [0, 0.05) is 12.8 Å². The van der Waals surface area contributed by atoms with E-state index in [9.17, 15) is 19.3 Å². The molecule has 0 unspecified atom stereocenters. The Balaban J connectivity index is 4.15. The summed E-state index contributed by atoms with van der Waals surface area (Å²) in [6.45, 7) is 3.26. The number of aliphatic hydroxyl groups is 1. The summed E-state index contributed by atoms with van der Waals surface area (Å²) in [6.07, 6.45) is 40.1. The largest absolute Gasteiger partial charge is 0.469 e. The summed E-state index contributed by atoms with van der Waals surface area (Å²) in [6, 6.07) is 0. The van der Waals surface area contributed by atoms with Gasteiger partial charge in [0.15, 0.2) is 6.10 Å². The Labute approximate surface area is 296 Å². The van der Waals surface area contributed by atoms with Crippen LogP contribution in [-0.4, -0.2) is 52.3 Å². The maximum Gasteiger partial charge on any atom is 0.469 e. The maximum absolute atomic E-state index is 12.3. The van der Waals surface area contributed by atoms with Crippen LogP contribution in [0.15, 0.2) is 72.9 Å². The van der Waals surface area contributed by atoms with Gasteiger partial charge in [0.1, 0.15) is 6.61 Å². The fraction of sp³-hybridized carbons (Fsp3) is 0.641. The molecule has 0 amide bonds. The van der Waals surface area contributed by atoms with Gasteiger partial charge in [-0.1, -0.05) is 125 Å². The van der Waals surface area contributed by atoms with E-state index in [0.717, 1.165) is 57.8 Å². The lowest BCUT2D eigenvalue weighted by atomic mass is 10.1. The molecule has 9 nitrogen and oxygen atoms in total. The highest BCUT2D eigenvalue weighted by atomic mass is 31.2. The number of allylic oxidation sites excluding steroid dienone is 11. The summed E-state index contributed by atoms with van der Waals surface area (Å²) in [5.74, 6) is -0.991. The van der Waals surface area contributed by atoms with Crippen LogP contribution in [0.25, 0.3) is 0 Å². The third-order valence-electron chi connectivity index (χ3n) is 7.37. The predicted octanol–water partition coefficient (Wildman–Crippen LogP) is 9.70. The number of ether oxygens (including phenoxy) is 2. The number of rotatable bonds is 32. The third kappa shape index (κ3) is 36.6. The van der Waals surface area contributed by atoms with E-state index in [4.69, 9.17) is 19.3 Å². The molecule has 0 radical (unpaired) electrons. The normalized spacial score (nSPS) is 14.0. The van der Waals surface area contributed by atoms with Gasteiger partial charge in [-0.15, -0.1) is 0 Å². The lowest BCUT2D eigenvalue weighted by molar-refractivity contribution is -0.161. The molecule has 0 heterocycles. The number of carbonyl (C=O) groups is 2. The Morgan fingerprint density at radius 1 is 0.633 bits per heavy atom. The number of hydrogen-bond acceptors (Lipinski definition) is 7. The van der Waals surface area contributed by atoms with E-state index in [1.165, 1.54) is 25.7 Å². The molecule has 0 aromatic rings. The van der Waals surface area contributed by atoms with Crippen molar-refractivity contribution in [2.24, 2.45) is 0 Å². The van der Waals surface area contributed by atoms with E-state index < -0.39 is 32.5 Å². The SMILES string of the molecule is CCCCCC/C=C\CCCCCCCC(=O)OC[C@H](COP(=O)(O)O)OC(=O)CCC/C=C\C/C=C\C/C=C\C/C=C\C=C\[C@H](O)CC. The van der Waals surface area contributed by atoms with Crippen molar-refractivity contribution in [3.8, 4) is 0 Å². The average molecular weight is 709 g/mol. The van der Waals surface area contributed by atoms with E-state index >= 15 is 0 Å². The Kier molecular flexibility index (Phi) is 32.2. The van der Waals surface area contributed by atoms with Gasteiger partial charge in [-0.2, -0.15) is 0 Å². The van der Waals surface area contributed by atoms with E-state index in [-0.39, 0.29) is 25.6 Å². The number of phosphoric acid groups is 1. The average Bonchev–Trinajstić information content (AvgIpc) is 3.07. The number of carbonyl (C=O) groups excluding carboxylic acids is 2. The van der Waals surface area contributed by atoms with Crippen LogP contribution in [0, 0.1) is 0 Å². The lowest BCUT2D eigenvalue weighted by Crippen LogP contribution is -2.29. The molecule has 3 N–H and O–H groups in total. The molecule has 0 aromatic heterocycles. The molecule has 0 fully saturated rings. The van der Waals surface area contributed by atoms with Gasteiger partial charge in [-0.3, -0.25) is 14.1 Å². The van der Waals surface area contributed by atoms with Gasteiger partial charge in [0.2, 0.25) is 0 Å². The molecule has 0 spiro atoms. The number of hydrogen-bond donors (Lipinski definition) is 3. The number of unbranched alkanes of at least 4 members (excludes halogenated alkanes) is 10. The zero-order valence-electron chi connectivity index (χ0n) is 30.2. The molecule has 0 aliphatic heterocycles. The van der Waals surface area contributed by atoms with Crippen LogP contribution in [0.5, 0.6) is 0 Å². The van der Waals surface area contributed by atoms with Crippen LogP contribution in [0.1, 0.15) is 136 Å². The number of esters is 2. The summed E-state index contributed by atoms with van der Waals surface area (Å²) in [4.78, 5) is 42.6. The zero-order chi connectivity index (χ0) is 36.3. The first kappa shape index (κ1) is 46.5. The Morgan fingerprint density at radius 3 is 1.80 bits per heavy atom. The van der Waals surface area contributed by atoms with Crippen LogP contribution >= 0.6 is 7.82 Å². The number of aliphatic hydroxyl groups excluding tert-OH is 1. The second-order valence-corrected chi connectivity index (χ2v) is 13.2. The van der Waals surface area contributed by atoms with Gasteiger partial charge < -0.3 is 24.4 Å². The van der Waals surface area contributed by atoms with E-state index in [2.05, 4.69) is 47.9 Å². The van der Waals surface area contributed by atoms with Crippen molar-refractivity contribution in [2.75, 3.05) is 13.2 Å². The third-order valence-corrected chi connectivity index (χ3v) is 7.85. The quantitative estimate of drug-likeness (QED) is 0.0205. The first-order chi connectivity index (χ1) is 23.7. The molecule has 0 aliphatic rings. The van der Waals surface area contributed by atoms with E-state index in [0.29, 0.717) is 25.7 Å². The minimum Gasteiger partial charge on any atom is -0.462 e. The van der Waals surface area contributed by atoms with Gasteiger partial charge in [0.05, 0.1) is 12.7 Å². The molecule has 10 heteroatoms. The number of phosphoric ester groups is 1. The van der Waals surface area contributed by atoms with Gasteiger partial charge in [-0.25, -0.2) is 4.57 Å². The molecule has 0 bridgehead atoms. The van der Waals surface area contributed by atoms with Crippen LogP contribution in [0.4, 0.5) is 0 Å². The van der Waals surface area contributed by atoms with Gasteiger partial charge in [-0.05, 0) is 70.6 Å². The monoisotopic (exact) mass is 708 g/mol. The van der Waals surface area contributed by atoms with Crippen molar-refractivity contribution < 1.29 is 43.0 Å². The fourth-order valence-electron chi connectivity index (χ4n) is 4.47. The van der Waals surface area contributed by atoms with Crippen molar-refractivity contribution in [1.29, 1.82) is 0 Å². The molecule has 2 atom stereocenters. The Hall–Kier alpha value is -2.55. The molecule has 0 aromatic carbocycles. The molecule has 49 heavy (non-hydrogen) atoms. The van der Waals surface area contributed by atoms with Crippen molar-refractivity contribution in [2.45, 2.75) is 148 Å². The van der Waals surface area contributed by atoms with Crippen LogP contribution in [0.2, 0.25) is 0 Å². The first-order valence-electron chi connectivity index (χ1n) is 18.3. The van der Waals surface area contributed by atoms with Crippen LogP contribution in [-0.2, 0) is 28.2 Å². The maximum atomic E-state index is 12.3. The molecular weight excluding hydrogens is 643 g/mol. The Bertz CT molecular complexity index is 1040. The minimum absolute atomic E-state index is 0.115.